The predicted octanol–water partition coefficient (Wildman–Crippen LogP) is 1.47. The Morgan fingerprint density at radius 1 is 1.38 bits per heavy atom. The van der Waals surface area contributed by atoms with Crippen molar-refractivity contribution in [2.75, 3.05) is 13.2 Å². The van der Waals surface area contributed by atoms with Gasteiger partial charge in [-0.3, -0.25) is 0 Å². The molecule has 1 aromatic carbocycles. The zero-order valence-corrected chi connectivity index (χ0v) is 11.0. The molecule has 0 saturated heterocycles. The van der Waals surface area contributed by atoms with Gasteiger partial charge in [0.05, 0.1) is 6.54 Å². The van der Waals surface area contributed by atoms with Crippen LogP contribution in [0.1, 0.15) is 0 Å². The molecule has 0 bridgehead atoms. The molecule has 13 heavy (non-hydrogen) atoms. The number of rotatable bonds is 1. The van der Waals surface area contributed by atoms with Gasteiger partial charge in [0.25, 0.3) is 6.40 Å². The van der Waals surface area contributed by atoms with Crippen LogP contribution in [-0.2, 0) is 20.9 Å². The molecule has 1 aliphatic heterocycles. The Morgan fingerprint density at radius 2 is 2.15 bits per heavy atom. The summed E-state index contributed by atoms with van der Waals surface area (Å²) in [5.41, 5.74) is 0. The molecule has 1 aliphatic rings. The van der Waals surface area contributed by atoms with Crippen LogP contribution in [0.3, 0.4) is 0 Å². The van der Waals surface area contributed by atoms with Crippen LogP contribution in [0, 0.1) is 0 Å². The fourth-order valence-corrected chi connectivity index (χ4v) is 2.67. The van der Waals surface area contributed by atoms with Crippen LogP contribution in [0.2, 0.25) is 0 Å². The average molecular weight is 248 g/mol. The first-order valence-electron chi connectivity index (χ1n) is 4.06. The molecule has 0 unspecified atom stereocenters. The van der Waals surface area contributed by atoms with Gasteiger partial charge in [-0.05, 0) is 0 Å². The molecule has 0 aromatic heterocycles. The molecule has 2 rings (SSSR count). The Morgan fingerprint density at radius 3 is 2.46 bits per heavy atom. The number of ether oxygens (including phenoxy) is 1. The first-order chi connectivity index (χ1) is 6.43. The van der Waals surface area contributed by atoms with Gasteiger partial charge in [0.15, 0.2) is 0 Å². The van der Waals surface area contributed by atoms with Crippen LogP contribution in [0.15, 0.2) is 35.3 Å². The molecule has 4 heteroatoms. The number of aliphatic imine (C=N–C) groups is 1. The van der Waals surface area contributed by atoms with Gasteiger partial charge in [0.1, 0.15) is 6.61 Å². The van der Waals surface area contributed by atoms with Gasteiger partial charge in [0, 0.05) is 0 Å². The zero-order chi connectivity index (χ0) is 9.36. The van der Waals surface area contributed by atoms with E-state index in [9.17, 15) is 0 Å². The van der Waals surface area contributed by atoms with E-state index in [0.29, 0.717) is 0 Å². The molecule has 65 valence electrons. The van der Waals surface area contributed by atoms with Crippen LogP contribution < -0.4 is 4.16 Å². The van der Waals surface area contributed by atoms with Crippen molar-refractivity contribution in [3.05, 3.63) is 30.3 Å². The van der Waals surface area contributed by atoms with Crippen molar-refractivity contribution in [2.24, 2.45) is 4.99 Å². The van der Waals surface area contributed by atoms with Gasteiger partial charge in [-0.25, -0.2) is 4.99 Å². The second-order valence-corrected chi connectivity index (χ2v) is 6.10. The van der Waals surface area contributed by atoms with E-state index in [0.717, 1.165) is 13.2 Å². The molecule has 1 radical (unpaired) electrons. The topological polar surface area (TPSA) is 21.6 Å². The van der Waals surface area contributed by atoms with Gasteiger partial charge in [-0.15, -0.1) is 0 Å². The number of nitrogens with zero attached hydrogens (tertiary/aromatic N) is 1. The average Bonchev–Trinajstić information content (AvgIpc) is 2.77. The Balaban J connectivity index is 0.000000145. The summed E-state index contributed by atoms with van der Waals surface area (Å²) < 4.78 is 5.89. The zero-order valence-electron chi connectivity index (χ0n) is 7.24. The Labute approximate surface area is 89.6 Å². The molecule has 0 aliphatic carbocycles. The second kappa shape index (κ2) is 7.05. The maximum absolute atomic E-state index is 5.71. The fraction of sp³-hybridized carbons (Fsp3) is 0.222. The molecule has 0 amide bonds. The summed E-state index contributed by atoms with van der Waals surface area (Å²) in [5.74, 6) is 0. The van der Waals surface area contributed by atoms with E-state index in [-0.39, 0.29) is 0 Å². The maximum atomic E-state index is 5.71. The minimum atomic E-state index is -0.803. The standard InChI is InChI=1S/C6H5.C3H4NO.ClH.Zn/c1-2-4-6-5-3-1;1-2-5-3-4-1;;/h1-5H;1-2H2;1H;/q;;;+1/p-1. The normalized spacial score (nSPS) is 12.4. The monoisotopic (exact) mass is 246 g/mol. The molecule has 0 N–H and O–H groups in total. The Bertz CT molecular complexity index is 247. The van der Waals surface area contributed by atoms with E-state index in [1.54, 1.807) is 0 Å². The number of halogens is 1. The van der Waals surface area contributed by atoms with Crippen molar-refractivity contribution >= 4 is 20.2 Å². The summed E-state index contributed by atoms with van der Waals surface area (Å²) in [6, 6.07) is 10.3. The van der Waals surface area contributed by atoms with Crippen molar-refractivity contribution < 1.29 is 20.9 Å². The molecule has 1 aromatic rings. The van der Waals surface area contributed by atoms with Gasteiger partial charge in [0.2, 0.25) is 0 Å². The van der Waals surface area contributed by atoms with Crippen molar-refractivity contribution in [2.45, 2.75) is 0 Å². The van der Waals surface area contributed by atoms with Gasteiger partial charge in [-0.2, -0.15) is 0 Å². The van der Waals surface area contributed by atoms with Crippen LogP contribution in [0.4, 0.5) is 0 Å². The molecular weight excluding hydrogens is 239 g/mol. The van der Waals surface area contributed by atoms with Crippen LogP contribution >= 0.6 is 9.69 Å². The van der Waals surface area contributed by atoms with Crippen molar-refractivity contribution in [1.82, 2.24) is 0 Å². The Kier molecular flexibility index (Phi) is 5.79. The van der Waals surface area contributed by atoms with Crippen LogP contribution in [0.25, 0.3) is 0 Å². The number of hydrogen-bond donors (Lipinski definition) is 0. The van der Waals surface area contributed by atoms with E-state index in [2.05, 4.69) is 28.3 Å². The molecule has 2 nitrogen and oxygen atoms in total. The number of benzene rings is 1. The SMILES string of the molecule is [C]1=NCCO1.[Cl][Zn][c]1ccccc1. The van der Waals surface area contributed by atoms with Gasteiger partial charge < -0.3 is 4.74 Å². The summed E-state index contributed by atoms with van der Waals surface area (Å²) in [4.78, 5) is 3.61. The summed E-state index contributed by atoms with van der Waals surface area (Å²) in [7, 11) is 5.71. The van der Waals surface area contributed by atoms with E-state index in [4.69, 9.17) is 9.69 Å². The fourth-order valence-electron chi connectivity index (χ4n) is 0.795. The Hall–Kier alpha value is -0.397. The molecule has 0 saturated carbocycles. The summed E-state index contributed by atoms with van der Waals surface area (Å²) in [6.07, 6.45) is 2.35. The molecule has 0 atom stereocenters. The second-order valence-electron chi connectivity index (χ2n) is 2.44. The van der Waals surface area contributed by atoms with Gasteiger partial charge in [-0.1, -0.05) is 0 Å². The third kappa shape index (κ3) is 5.02. The van der Waals surface area contributed by atoms with Crippen molar-refractivity contribution in [1.29, 1.82) is 0 Å². The van der Waals surface area contributed by atoms with Gasteiger partial charge >= 0.3 is 60.3 Å². The van der Waals surface area contributed by atoms with E-state index in [1.165, 1.54) is 4.16 Å². The van der Waals surface area contributed by atoms with Crippen LogP contribution in [0.5, 0.6) is 0 Å². The third-order valence-corrected chi connectivity index (χ3v) is 4.67. The molecule has 1 heterocycles. The first kappa shape index (κ1) is 10.7. The van der Waals surface area contributed by atoms with E-state index < -0.39 is 16.1 Å². The molecule has 0 fully saturated rings. The predicted molar refractivity (Wildman–Crippen MR) is 50.2 cm³/mol. The first-order valence-corrected chi connectivity index (χ1v) is 9.45. The summed E-state index contributed by atoms with van der Waals surface area (Å²) in [6.45, 7) is 1.51. The van der Waals surface area contributed by atoms with Crippen molar-refractivity contribution in [3.63, 3.8) is 0 Å². The molecular formula is C9H9ClNOZn. The quantitative estimate of drug-likeness (QED) is 0.689. The third-order valence-electron chi connectivity index (χ3n) is 1.43. The number of hydrogen-bond acceptors (Lipinski definition) is 2. The van der Waals surface area contributed by atoms with Crippen molar-refractivity contribution in [3.8, 4) is 0 Å². The summed E-state index contributed by atoms with van der Waals surface area (Å²) >= 11 is -0.803. The van der Waals surface area contributed by atoms with E-state index >= 15 is 0 Å². The van der Waals surface area contributed by atoms with Crippen LogP contribution in [-0.4, -0.2) is 19.6 Å². The summed E-state index contributed by atoms with van der Waals surface area (Å²) in [5, 5.41) is 0. The minimum absolute atomic E-state index is 0.722. The molecule has 0 spiro atoms. The van der Waals surface area contributed by atoms with E-state index in [1.807, 2.05) is 18.2 Å².